The standard InChI is InChI=1S/C11H14N2O4/c1-16-9-2-3-11(10(4-9)13(14)15)17-7-8-5-12-6-8/h2-4,8,12H,5-7H2,1H3. The Labute approximate surface area is 98.7 Å². The number of rotatable bonds is 5. The molecule has 0 bridgehead atoms. The quantitative estimate of drug-likeness (QED) is 0.616. The van der Waals surface area contributed by atoms with Crippen molar-refractivity contribution < 1.29 is 14.4 Å². The molecule has 0 atom stereocenters. The third-order valence-electron chi connectivity index (χ3n) is 2.70. The third kappa shape index (κ3) is 2.65. The maximum atomic E-state index is 10.9. The Morgan fingerprint density at radius 1 is 1.53 bits per heavy atom. The van der Waals surface area contributed by atoms with Gasteiger partial charge in [-0.1, -0.05) is 0 Å². The first-order valence-corrected chi connectivity index (χ1v) is 5.36. The lowest BCUT2D eigenvalue weighted by molar-refractivity contribution is -0.386. The number of ether oxygens (including phenoxy) is 2. The molecule has 2 rings (SSSR count). The number of hydrogen-bond acceptors (Lipinski definition) is 5. The molecule has 0 aliphatic carbocycles. The number of methoxy groups -OCH3 is 1. The summed E-state index contributed by atoms with van der Waals surface area (Å²) in [6, 6.07) is 4.60. The summed E-state index contributed by atoms with van der Waals surface area (Å²) < 4.78 is 10.4. The van der Waals surface area contributed by atoms with E-state index in [1.54, 1.807) is 12.1 Å². The number of nitro benzene ring substituents is 1. The van der Waals surface area contributed by atoms with Crippen molar-refractivity contribution in [3.63, 3.8) is 0 Å². The number of hydrogen-bond donors (Lipinski definition) is 1. The van der Waals surface area contributed by atoms with Gasteiger partial charge in [0.2, 0.25) is 0 Å². The zero-order valence-corrected chi connectivity index (χ0v) is 9.51. The van der Waals surface area contributed by atoms with Crippen LogP contribution in [0.1, 0.15) is 0 Å². The fourth-order valence-corrected chi connectivity index (χ4v) is 1.56. The van der Waals surface area contributed by atoms with Crippen molar-refractivity contribution in [1.29, 1.82) is 0 Å². The molecule has 1 saturated heterocycles. The normalized spacial score (nSPS) is 15.1. The molecule has 0 saturated carbocycles. The van der Waals surface area contributed by atoms with Crippen LogP contribution in [0.3, 0.4) is 0 Å². The summed E-state index contributed by atoms with van der Waals surface area (Å²) in [5.74, 6) is 1.19. The Bertz CT molecular complexity index is 418. The van der Waals surface area contributed by atoms with Gasteiger partial charge in [-0.05, 0) is 12.1 Å². The smallest absolute Gasteiger partial charge is 0.314 e. The van der Waals surface area contributed by atoms with Gasteiger partial charge >= 0.3 is 5.69 Å². The third-order valence-corrected chi connectivity index (χ3v) is 2.70. The molecule has 1 aromatic rings. The predicted octanol–water partition coefficient (Wildman–Crippen LogP) is 1.20. The highest BCUT2D eigenvalue weighted by atomic mass is 16.6. The maximum Gasteiger partial charge on any atom is 0.314 e. The van der Waals surface area contributed by atoms with E-state index in [0.717, 1.165) is 13.1 Å². The molecule has 1 aliphatic heterocycles. The van der Waals surface area contributed by atoms with Crippen LogP contribution in [0.4, 0.5) is 5.69 Å². The second-order valence-electron chi connectivity index (χ2n) is 3.93. The summed E-state index contributed by atoms with van der Waals surface area (Å²) in [4.78, 5) is 10.4. The lowest BCUT2D eigenvalue weighted by Crippen LogP contribution is -2.45. The average Bonchev–Trinajstić information content (AvgIpc) is 2.27. The lowest BCUT2D eigenvalue weighted by atomic mass is 10.1. The minimum Gasteiger partial charge on any atom is -0.496 e. The van der Waals surface area contributed by atoms with Gasteiger partial charge in [0.15, 0.2) is 5.75 Å². The molecule has 0 radical (unpaired) electrons. The highest BCUT2D eigenvalue weighted by Gasteiger charge is 2.21. The van der Waals surface area contributed by atoms with Gasteiger partial charge in [0.1, 0.15) is 5.75 Å². The summed E-state index contributed by atoms with van der Waals surface area (Å²) in [7, 11) is 1.47. The van der Waals surface area contributed by atoms with E-state index < -0.39 is 4.92 Å². The summed E-state index contributed by atoms with van der Waals surface area (Å²) in [5, 5.41) is 14.0. The molecule has 0 aromatic heterocycles. The van der Waals surface area contributed by atoms with Crippen LogP contribution < -0.4 is 14.8 Å². The summed E-state index contributed by atoms with van der Waals surface area (Å²) in [6.45, 7) is 2.31. The van der Waals surface area contributed by atoms with Crippen LogP contribution in [0.25, 0.3) is 0 Å². The highest BCUT2D eigenvalue weighted by molar-refractivity contribution is 5.50. The van der Waals surface area contributed by atoms with E-state index in [0.29, 0.717) is 24.0 Å². The van der Waals surface area contributed by atoms with E-state index >= 15 is 0 Å². The number of nitrogens with zero attached hydrogens (tertiary/aromatic N) is 1. The molecule has 1 heterocycles. The molecule has 6 heteroatoms. The van der Waals surface area contributed by atoms with Gasteiger partial charge < -0.3 is 14.8 Å². The molecule has 0 amide bonds. The largest absolute Gasteiger partial charge is 0.496 e. The molecular formula is C11H14N2O4. The number of nitrogens with one attached hydrogen (secondary N) is 1. The molecule has 17 heavy (non-hydrogen) atoms. The number of nitro groups is 1. The second kappa shape index (κ2) is 5.01. The Balaban J connectivity index is 2.10. The van der Waals surface area contributed by atoms with Crippen LogP contribution in [0.2, 0.25) is 0 Å². The Hall–Kier alpha value is -1.82. The van der Waals surface area contributed by atoms with Gasteiger partial charge in [0.25, 0.3) is 0 Å². The molecule has 1 N–H and O–H groups in total. The molecule has 0 spiro atoms. The number of benzene rings is 1. The van der Waals surface area contributed by atoms with E-state index in [1.807, 2.05) is 0 Å². The van der Waals surface area contributed by atoms with Gasteiger partial charge in [-0.25, -0.2) is 0 Å². The van der Waals surface area contributed by atoms with Crippen LogP contribution in [0.15, 0.2) is 18.2 Å². The van der Waals surface area contributed by atoms with Gasteiger partial charge in [-0.3, -0.25) is 10.1 Å². The fourth-order valence-electron chi connectivity index (χ4n) is 1.56. The summed E-state index contributed by atoms with van der Waals surface area (Å²) >= 11 is 0. The van der Waals surface area contributed by atoms with Gasteiger partial charge in [0.05, 0.1) is 24.7 Å². The fraction of sp³-hybridized carbons (Fsp3) is 0.455. The second-order valence-corrected chi connectivity index (χ2v) is 3.93. The first kappa shape index (κ1) is 11.7. The topological polar surface area (TPSA) is 73.6 Å². The Morgan fingerprint density at radius 2 is 2.29 bits per heavy atom. The van der Waals surface area contributed by atoms with Crippen LogP contribution in [0.5, 0.6) is 11.5 Å². The molecule has 1 aliphatic rings. The van der Waals surface area contributed by atoms with Gasteiger partial charge in [-0.2, -0.15) is 0 Å². The van der Waals surface area contributed by atoms with E-state index in [9.17, 15) is 10.1 Å². The minimum atomic E-state index is -0.461. The maximum absolute atomic E-state index is 10.9. The predicted molar refractivity (Wildman–Crippen MR) is 61.5 cm³/mol. The van der Waals surface area contributed by atoms with E-state index in [2.05, 4.69) is 5.32 Å². The van der Waals surface area contributed by atoms with Crippen molar-refractivity contribution in [2.24, 2.45) is 5.92 Å². The SMILES string of the molecule is COc1ccc(OCC2CNC2)c([N+](=O)[O-])c1. The zero-order chi connectivity index (χ0) is 12.3. The van der Waals surface area contributed by atoms with E-state index in [1.165, 1.54) is 13.2 Å². The highest BCUT2D eigenvalue weighted by Crippen LogP contribution is 2.31. The van der Waals surface area contributed by atoms with Gasteiger partial charge in [0, 0.05) is 19.0 Å². The zero-order valence-electron chi connectivity index (χ0n) is 9.51. The Morgan fingerprint density at radius 3 is 2.82 bits per heavy atom. The van der Waals surface area contributed by atoms with Crippen molar-refractivity contribution in [3.05, 3.63) is 28.3 Å². The van der Waals surface area contributed by atoms with E-state index in [4.69, 9.17) is 9.47 Å². The average molecular weight is 238 g/mol. The van der Waals surface area contributed by atoms with Crippen molar-refractivity contribution >= 4 is 5.69 Å². The molecule has 1 aromatic carbocycles. The molecule has 1 fully saturated rings. The van der Waals surface area contributed by atoms with Crippen molar-refractivity contribution in [1.82, 2.24) is 5.32 Å². The summed E-state index contributed by atoms with van der Waals surface area (Å²) in [6.07, 6.45) is 0. The van der Waals surface area contributed by atoms with Crippen LogP contribution in [-0.4, -0.2) is 31.7 Å². The van der Waals surface area contributed by atoms with Crippen LogP contribution in [-0.2, 0) is 0 Å². The van der Waals surface area contributed by atoms with Crippen molar-refractivity contribution in [2.45, 2.75) is 0 Å². The van der Waals surface area contributed by atoms with E-state index in [-0.39, 0.29) is 5.69 Å². The first-order chi connectivity index (χ1) is 8.20. The summed E-state index contributed by atoms with van der Waals surface area (Å²) in [5.41, 5.74) is -0.0587. The molecule has 92 valence electrons. The van der Waals surface area contributed by atoms with Crippen molar-refractivity contribution in [3.8, 4) is 11.5 Å². The van der Waals surface area contributed by atoms with Crippen molar-refractivity contribution in [2.75, 3.05) is 26.8 Å². The van der Waals surface area contributed by atoms with Crippen LogP contribution in [0, 0.1) is 16.0 Å². The van der Waals surface area contributed by atoms with Gasteiger partial charge in [-0.15, -0.1) is 0 Å². The minimum absolute atomic E-state index is 0.0587. The van der Waals surface area contributed by atoms with Crippen LogP contribution >= 0.6 is 0 Å². The molecular weight excluding hydrogens is 224 g/mol. The molecule has 6 nitrogen and oxygen atoms in total. The first-order valence-electron chi connectivity index (χ1n) is 5.36. The monoisotopic (exact) mass is 238 g/mol. The molecule has 0 unspecified atom stereocenters. The lowest BCUT2D eigenvalue weighted by Gasteiger charge is -2.26. The Kier molecular flexibility index (Phi) is 3.43.